The number of rotatable bonds is 3. The number of pyridine rings is 1. The molecule has 1 aliphatic rings. The topological polar surface area (TPSA) is 86.8 Å². The molecule has 1 fully saturated rings. The summed E-state index contributed by atoms with van der Waals surface area (Å²) >= 11 is 0. The Labute approximate surface area is 151 Å². The fourth-order valence-electron chi connectivity index (χ4n) is 3.13. The summed E-state index contributed by atoms with van der Waals surface area (Å²) in [5.74, 6) is 2.38. The van der Waals surface area contributed by atoms with E-state index in [-0.39, 0.29) is 0 Å². The van der Waals surface area contributed by atoms with Crippen LogP contribution in [0.5, 0.6) is 0 Å². The third kappa shape index (κ3) is 3.07. The van der Waals surface area contributed by atoms with E-state index in [4.69, 9.17) is 0 Å². The lowest BCUT2D eigenvalue weighted by atomic mass is 10.2. The minimum absolute atomic E-state index is 0.660. The van der Waals surface area contributed by atoms with E-state index in [1.807, 2.05) is 25.3 Å². The van der Waals surface area contributed by atoms with Gasteiger partial charge in [-0.25, -0.2) is 14.6 Å². The van der Waals surface area contributed by atoms with E-state index in [0.29, 0.717) is 5.56 Å². The molecule has 0 N–H and O–H groups in total. The zero-order chi connectivity index (χ0) is 17.9. The normalized spacial score (nSPS) is 14.3. The molecule has 8 heteroatoms. The molecule has 0 atom stereocenters. The van der Waals surface area contributed by atoms with Gasteiger partial charge in [0.05, 0.1) is 17.4 Å². The molecule has 130 valence electrons. The molecule has 0 radical (unpaired) electrons. The molecule has 3 aromatic heterocycles. The van der Waals surface area contributed by atoms with E-state index in [0.717, 1.165) is 49.3 Å². The smallest absolute Gasteiger partial charge is 0.159 e. The molecule has 0 aliphatic carbocycles. The van der Waals surface area contributed by atoms with Crippen LogP contribution in [-0.4, -0.2) is 50.9 Å². The van der Waals surface area contributed by atoms with Crippen molar-refractivity contribution in [3.05, 3.63) is 54.4 Å². The van der Waals surface area contributed by atoms with E-state index >= 15 is 0 Å². The van der Waals surface area contributed by atoms with Gasteiger partial charge < -0.3 is 9.80 Å². The van der Waals surface area contributed by atoms with Gasteiger partial charge in [-0.2, -0.15) is 10.4 Å². The quantitative estimate of drug-likeness (QED) is 0.711. The highest BCUT2D eigenvalue weighted by Gasteiger charge is 2.21. The highest BCUT2D eigenvalue weighted by atomic mass is 15.3. The maximum Gasteiger partial charge on any atom is 0.159 e. The van der Waals surface area contributed by atoms with Gasteiger partial charge in [-0.05, 0) is 19.1 Å². The summed E-state index contributed by atoms with van der Waals surface area (Å²) < 4.78 is 1.74. The van der Waals surface area contributed by atoms with Crippen LogP contribution in [0, 0.1) is 18.3 Å². The monoisotopic (exact) mass is 346 g/mol. The maximum absolute atomic E-state index is 9.29. The summed E-state index contributed by atoms with van der Waals surface area (Å²) in [5, 5.41) is 13.5. The van der Waals surface area contributed by atoms with Gasteiger partial charge in [0.15, 0.2) is 5.82 Å². The average Bonchev–Trinajstić information content (AvgIpc) is 3.22. The largest absolute Gasteiger partial charge is 0.366 e. The lowest BCUT2D eigenvalue weighted by Gasteiger charge is -2.36. The van der Waals surface area contributed by atoms with Gasteiger partial charge in [0.2, 0.25) is 0 Å². The van der Waals surface area contributed by atoms with Crippen molar-refractivity contribution in [3.63, 3.8) is 0 Å². The first kappa shape index (κ1) is 16.0. The Kier molecular flexibility index (Phi) is 4.19. The second-order valence-corrected chi connectivity index (χ2v) is 6.06. The molecule has 0 amide bonds. The van der Waals surface area contributed by atoms with Crippen LogP contribution in [0.1, 0.15) is 11.4 Å². The van der Waals surface area contributed by atoms with Gasteiger partial charge in [-0.15, -0.1) is 0 Å². The molecule has 4 heterocycles. The second-order valence-electron chi connectivity index (χ2n) is 6.06. The third-order valence-electron chi connectivity index (χ3n) is 4.41. The van der Waals surface area contributed by atoms with Crippen molar-refractivity contribution in [2.45, 2.75) is 6.92 Å². The Morgan fingerprint density at radius 2 is 1.81 bits per heavy atom. The van der Waals surface area contributed by atoms with Gasteiger partial charge in [-0.3, -0.25) is 4.98 Å². The summed E-state index contributed by atoms with van der Waals surface area (Å²) in [7, 11) is 0. The minimum Gasteiger partial charge on any atom is -0.366 e. The van der Waals surface area contributed by atoms with Crippen molar-refractivity contribution in [2.24, 2.45) is 0 Å². The van der Waals surface area contributed by atoms with E-state index in [1.54, 1.807) is 29.3 Å². The standard InChI is InChI=1S/C18H18N8/c1-14-22-17(11-18(23-14)26-6-2-4-21-26)25-9-7-24(8-10-25)16-13-20-5-3-15(16)12-19/h2-6,11,13H,7-10H2,1H3. The minimum atomic E-state index is 0.660. The van der Waals surface area contributed by atoms with Crippen LogP contribution in [0.4, 0.5) is 11.5 Å². The molecule has 0 aromatic carbocycles. The molecule has 0 spiro atoms. The molecule has 0 unspecified atom stereocenters. The molecule has 26 heavy (non-hydrogen) atoms. The first-order valence-electron chi connectivity index (χ1n) is 8.44. The van der Waals surface area contributed by atoms with Crippen LogP contribution in [-0.2, 0) is 0 Å². The summed E-state index contributed by atoms with van der Waals surface area (Å²) in [6.07, 6.45) is 7.02. The average molecular weight is 346 g/mol. The van der Waals surface area contributed by atoms with Gasteiger partial charge in [0.25, 0.3) is 0 Å². The summed E-state index contributed by atoms with van der Waals surface area (Å²) in [6, 6.07) is 7.83. The number of nitriles is 1. The van der Waals surface area contributed by atoms with Crippen LogP contribution >= 0.6 is 0 Å². The van der Waals surface area contributed by atoms with E-state index in [1.165, 1.54) is 0 Å². The van der Waals surface area contributed by atoms with Crippen molar-refractivity contribution < 1.29 is 0 Å². The second kappa shape index (κ2) is 6.80. The van der Waals surface area contributed by atoms with E-state index in [2.05, 4.69) is 35.9 Å². The van der Waals surface area contributed by atoms with Gasteiger partial charge >= 0.3 is 0 Å². The number of hydrogen-bond acceptors (Lipinski definition) is 7. The molecular weight excluding hydrogens is 328 g/mol. The zero-order valence-corrected chi connectivity index (χ0v) is 14.4. The summed E-state index contributed by atoms with van der Waals surface area (Å²) in [6.45, 7) is 5.13. The SMILES string of the molecule is Cc1nc(N2CCN(c3cnccc3C#N)CC2)cc(-n2cccn2)n1. The Morgan fingerprint density at radius 1 is 1.04 bits per heavy atom. The molecule has 4 rings (SSSR count). The first-order chi connectivity index (χ1) is 12.7. The van der Waals surface area contributed by atoms with Crippen molar-refractivity contribution >= 4 is 11.5 Å². The maximum atomic E-state index is 9.29. The van der Waals surface area contributed by atoms with E-state index < -0.39 is 0 Å². The van der Waals surface area contributed by atoms with Crippen LogP contribution in [0.2, 0.25) is 0 Å². The Bertz CT molecular complexity index is 936. The number of aromatic nitrogens is 5. The van der Waals surface area contributed by atoms with Gasteiger partial charge in [-0.1, -0.05) is 0 Å². The number of hydrogen-bond donors (Lipinski definition) is 0. The number of nitrogens with zero attached hydrogens (tertiary/aromatic N) is 8. The predicted molar refractivity (Wildman–Crippen MR) is 97.3 cm³/mol. The predicted octanol–water partition coefficient (Wildman–Crippen LogP) is 1.56. The molecule has 0 saturated carbocycles. The summed E-state index contributed by atoms with van der Waals surface area (Å²) in [4.78, 5) is 17.6. The molecule has 0 bridgehead atoms. The van der Waals surface area contributed by atoms with Gasteiger partial charge in [0.1, 0.15) is 17.7 Å². The Hall–Kier alpha value is -3.47. The van der Waals surface area contributed by atoms with Crippen LogP contribution in [0.25, 0.3) is 5.82 Å². The third-order valence-corrected chi connectivity index (χ3v) is 4.41. The molecular formula is C18H18N8. The number of piperazine rings is 1. The Balaban J connectivity index is 1.53. The van der Waals surface area contributed by atoms with E-state index in [9.17, 15) is 5.26 Å². The van der Waals surface area contributed by atoms with Crippen molar-refractivity contribution in [1.29, 1.82) is 5.26 Å². The van der Waals surface area contributed by atoms with Crippen LogP contribution < -0.4 is 9.80 Å². The lowest BCUT2D eigenvalue weighted by molar-refractivity contribution is 0.643. The number of anilines is 2. The van der Waals surface area contributed by atoms with Gasteiger partial charge in [0, 0.05) is 50.8 Å². The number of aryl methyl sites for hydroxylation is 1. The summed E-state index contributed by atoms with van der Waals surface area (Å²) in [5.41, 5.74) is 1.55. The Morgan fingerprint density at radius 3 is 2.54 bits per heavy atom. The molecule has 8 nitrogen and oxygen atoms in total. The van der Waals surface area contributed by atoms with Crippen molar-refractivity contribution in [1.82, 2.24) is 24.7 Å². The zero-order valence-electron chi connectivity index (χ0n) is 14.4. The molecule has 1 saturated heterocycles. The first-order valence-corrected chi connectivity index (χ1v) is 8.44. The highest BCUT2D eigenvalue weighted by Crippen LogP contribution is 2.22. The van der Waals surface area contributed by atoms with Crippen LogP contribution in [0.3, 0.4) is 0 Å². The lowest BCUT2D eigenvalue weighted by Crippen LogP contribution is -2.47. The van der Waals surface area contributed by atoms with Crippen LogP contribution in [0.15, 0.2) is 43.0 Å². The molecule has 1 aliphatic heterocycles. The van der Waals surface area contributed by atoms with Crippen molar-refractivity contribution in [2.75, 3.05) is 36.0 Å². The highest BCUT2D eigenvalue weighted by molar-refractivity contribution is 5.58. The van der Waals surface area contributed by atoms with Crippen molar-refractivity contribution in [3.8, 4) is 11.9 Å². The fourth-order valence-corrected chi connectivity index (χ4v) is 3.13. The fraction of sp³-hybridized carbons (Fsp3) is 0.278. The molecule has 3 aromatic rings.